The zero-order valence-corrected chi connectivity index (χ0v) is 36.4. The summed E-state index contributed by atoms with van der Waals surface area (Å²) in [6.45, 7) is 9.81. The molecule has 16 heteroatoms. The van der Waals surface area contributed by atoms with E-state index < -0.39 is 60.9 Å². The van der Waals surface area contributed by atoms with Crippen molar-refractivity contribution in [2.75, 3.05) is 45.8 Å². The van der Waals surface area contributed by atoms with Crippen molar-refractivity contribution in [2.45, 2.75) is 63.8 Å². The van der Waals surface area contributed by atoms with Gasteiger partial charge < -0.3 is 39.0 Å². The van der Waals surface area contributed by atoms with Crippen LogP contribution in [-0.2, 0) is 29.4 Å². The van der Waals surface area contributed by atoms with Crippen molar-refractivity contribution < 1.29 is 47.6 Å². The Hall–Kier alpha value is -6.75. The lowest BCUT2D eigenvalue weighted by atomic mass is 9.80. The quantitative estimate of drug-likeness (QED) is 0.0643. The van der Waals surface area contributed by atoms with E-state index >= 15 is 4.39 Å². The molecule has 1 saturated heterocycles. The van der Waals surface area contributed by atoms with Crippen LogP contribution in [0.3, 0.4) is 0 Å². The Morgan fingerprint density at radius 1 is 0.781 bits per heavy atom. The Morgan fingerprint density at radius 2 is 1.34 bits per heavy atom. The molecule has 0 unspecified atom stereocenters. The molecule has 2 aromatic heterocycles. The lowest BCUT2D eigenvalue weighted by Gasteiger charge is -2.37. The molecule has 2 N–H and O–H groups in total. The van der Waals surface area contributed by atoms with Crippen LogP contribution in [0.25, 0.3) is 11.2 Å². The predicted octanol–water partition coefficient (Wildman–Crippen LogP) is 7.46. The SMILES string of the molecule is CCN(CC)CC.COc1ccc(C(OC[C@H]2O[C@@H](n3cnc4c(NC(=O)c5ccccc5)ncnc43)[C@@H](F)[C@@H]2OC(=O)CCC(=O)O)(c2ccccc2)c2ccc(OC)cc2)cc1. The number of carboxylic acids is 1. The van der Waals surface area contributed by atoms with E-state index in [9.17, 15) is 19.5 Å². The lowest BCUT2D eigenvalue weighted by molar-refractivity contribution is -0.159. The van der Waals surface area contributed by atoms with Gasteiger partial charge in [0.2, 0.25) is 0 Å². The summed E-state index contributed by atoms with van der Waals surface area (Å²) < 4.78 is 48.1. The number of imidazole rings is 1. The molecule has 7 rings (SSSR count). The number of hydrogen-bond acceptors (Lipinski definition) is 12. The zero-order chi connectivity index (χ0) is 45.6. The second-order valence-electron chi connectivity index (χ2n) is 14.7. The van der Waals surface area contributed by atoms with Crippen LogP contribution in [0.2, 0.25) is 0 Å². The average molecular weight is 877 g/mol. The Kier molecular flexibility index (Phi) is 16.1. The number of hydrogen-bond donors (Lipinski definition) is 2. The van der Waals surface area contributed by atoms with Crippen LogP contribution < -0.4 is 14.8 Å². The molecule has 4 aromatic carbocycles. The van der Waals surface area contributed by atoms with E-state index in [1.165, 1.54) is 36.9 Å². The minimum atomic E-state index is -2.00. The molecule has 0 spiro atoms. The van der Waals surface area contributed by atoms with Gasteiger partial charge in [-0.25, -0.2) is 19.3 Å². The molecule has 3 heterocycles. The first-order valence-corrected chi connectivity index (χ1v) is 21.0. The van der Waals surface area contributed by atoms with Crippen LogP contribution in [0, 0.1) is 0 Å². The molecule has 0 saturated carbocycles. The molecule has 64 heavy (non-hydrogen) atoms. The fourth-order valence-electron chi connectivity index (χ4n) is 7.46. The summed E-state index contributed by atoms with van der Waals surface area (Å²) in [6.07, 6.45) is -4.73. The minimum Gasteiger partial charge on any atom is -0.497 e. The van der Waals surface area contributed by atoms with Gasteiger partial charge in [-0.05, 0) is 72.7 Å². The summed E-state index contributed by atoms with van der Waals surface area (Å²) in [7, 11) is 3.13. The minimum absolute atomic E-state index is 0.0872. The van der Waals surface area contributed by atoms with Crippen molar-refractivity contribution >= 4 is 34.8 Å². The molecule has 0 radical (unpaired) electrons. The normalized spacial score (nSPS) is 17.0. The van der Waals surface area contributed by atoms with E-state index in [1.54, 1.807) is 68.8 Å². The molecule has 1 aliphatic rings. The number of carbonyl (C=O) groups is 3. The monoisotopic (exact) mass is 876 g/mol. The van der Waals surface area contributed by atoms with Gasteiger partial charge in [-0.2, -0.15) is 0 Å². The molecule has 4 atom stereocenters. The van der Waals surface area contributed by atoms with E-state index in [4.69, 9.17) is 23.7 Å². The number of halogens is 1. The van der Waals surface area contributed by atoms with Crippen molar-refractivity contribution in [2.24, 2.45) is 0 Å². The van der Waals surface area contributed by atoms with Crippen molar-refractivity contribution in [1.82, 2.24) is 24.4 Å². The number of amides is 1. The summed E-state index contributed by atoms with van der Waals surface area (Å²) in [5, 5.41) is 11.9. The first kappa shape index (κ1) is 46.7. The third-order valence-electron chi connectivity index (χ3n) is 11.0. The summed E-state index contributed by atoms with van der Waals surface area (Å²) in [4.78, 5) is 52.5. The standard InChI is InChI=1S/C42H38FN5O9.C6H15N/c1-53-30-17-13-28(14-18-30)42(27-11-7-4-8-12-27,29-15-19-31(54-2)20-16-29)55-23-32-37(57-34(51)22-21-33(49)50)35(43)41(56-32)48-25-46-36-38(44-24-45-39(36)48)47-40(52)26-9-5-3-6-10-26;1-4-7(5-2)6-3/h3-20,24-25,32,35,37,41H,21-23H2,1-2H3,(H,49,50)(H,44,45,47,52);4-6H2,1-3H3/t32-,35+,37-,41-;/m1./s1. The predicted molar refractivity (Wildman–Crippen MR) is 237 cm³/mol. The highest BCUT2D eigenvalue weighted by molar-refractivity contribution is 6.06. The smallest absolute Gasteiger partial charge is 0.306 e. The van der Waals surface area contributed by atoms with E-state index in [-0.39, 0.29) is 23.6 Å². The summed E-state index contributed by atoms with van der Waals surface area (Å²) in [5.41, 5.74) is 1.47. The highest BCUT2D eigenvalue weighted by Gasteiger charge is 2.51. The second-order valence-corrected chi connectivity index (χ2v) is 14.7. The van der Waals surface area contributed by atoms with Gasteiger partial charge in [0, 0.05) is 5.56 Å². The van der Waals surface area contributed by atoms with Crippen LogP contribution in [0.1, 0.15) is 66.9 Å². The van der Waals surface area contributed by atoms with E-state index in [2.05, 4.69) is 45.9 Å². The molecular weight excluding hydrogens is 824 g/mol. The first-order valence-electron chi connectivity index (χ1n) is 21.0. The number of nitrogens with zero attached hydrogens (tertiary/aromatic N) is 5. The third kappa shape index (κ3) is 10.7. The van der Waals surface area contributed by atoms with Crippen LogP contribution in [-0.4, -0.2) is 106 Å². The Bertz CT molecular complexity index is 2380. The number of nitrogens with one attached hydrogen (secondary N) is 1. The molecule has 6 aromatic rings. The number of esters is 1. The molecule has 0 bridgehead atoms. The number of carbonyl (C=O) groups excluding carboxylic acids is 2. The van der Waals surface area contributed by atoms with Gasteiger partial charge in [0.05, 0.1) is 40.0 Å². The zero-order valence-electron chi connectivity index (χ0n) is 36.4. The number of anilines is 1. The van der Waals surface area contributed by atoms with Crippen LogP contribution in [0.5, 0.6) is 11.5 Å². The molecule has 1 aliphatic heterocycles. The van der Waals surface area contributed by atoms with Gasteiger partial charge in [0.1, 0.15) is 29.5 Å². The van der Waals surface area contributed by atoms with E-state index in [1.807, 2.05) is 54.6 Å². The van der Waals surface area contributed by atoms with Crippen molar-refractivity contribution in [3.05, 3.63) is 144 Å². The largest absolute Gasteiger partial charge is 0.497 e. The Morgan fingerprint density at radius 3 is 1.88 bits per heavy atom. The number of carboxylic acid groups (broad SMARTS) is 1. The van der Waals surface area contributed by atoms with Gasteiger partial charge >= 0.3 is 11.9 Å². The number of aromatic nitrogens is 4. The van der Waals surface area contributed by atoms with Crippen molar-refractivity contribution in [3.63, 3.8) is 0 Å². The number of ether oxygens (including phenoxy) is 5. The molecule has 15 nitrogen and oxygen atoms in total. The van der Waals surface area contributed by atoms with Gasteiger partial charge in [-0.1, -0.05) is 93.6 Å². The van der Waals surface area contributed by atoms with Crippen molar-refractivity contribution in [3.8, 4) is 11.5 Å². The highest BCUT2D eigenvalue weighted by Crippen LogP contribution is 2.44. The van der Waals surface area contributed by atoms with Crippen LogP contribution in [0.15, 0.2) is 122 Å². The fourth-order valence-corrected chi connectivity index (χ4v) is 7.46. The first-order chi connectivity index (χ1) is 31.1. The molecule has 1 fully saturated rings. The maximum atomic E-state index is 16.9. The molecule has 1 amide bonds. The number of aliphatic carboxylic acids is 1. The number of fused-ring (bicyclic) bond motifs is 1. The van der Waals surface area contributed by atoms with Gasteiger partial charge in [-0.3, -0.25) is 19.0 Å². The third-order valence-corrected chi connectivity index (χ3v) is 11.0. The number of methoxy groups -OCH3 is 2. The highest BCUT2D eigenvalue weighted by atomic mass is 19.1. The summed E-state index contributed by atoms with van der Waals surface area (Å²) in [6, 6.07) is 32.6. The maximum absolute atomic E-state index is 16.9. The van der Waals surface area contributed by atoms with Crippen molar-refractivity contribution in [1.29, 1.82) is 0 Å². The van der Waals surface area contributed by atoms with Crippen LogP contribution >= 0.6 is 0 Å². The van der Waals surface area contributed by atoms with Crippen LogP contribution in [0.4, 0.5) is 10.2 Å². The Balaban J connectivity index is 0.000000898. The van der Waals surface area contributed by atoms with E-state index in [0.29, 0.717) is 28.2 Å². The van der Waals surface area contributed by atoms with E-state index in [0.717, 1.165) is 5.56 Å². The molecular formula is C48H53FN6O9. The van der Waals surface area contributed by atoms with Gasteiger partial charge in [0.15, 0.2) is 35.5 Å². The number of alkyl halides is 1. The lowest BCUT2D eigenvalue weighted by Crippen LogP contribution is -2.41. The van der Waals surface area contributed by atoms with Gasteiger partial charge in [-0.15, -0.1) is 0 Å². The summed E-state index contributed by atoms with van der Waals surface area (Å²) in [5.74, 6) is -1.26. The number of benzene rings is 4. The fraction of sp³-hybridized carbons (Fsp3) is 0.333. The maximum Gasteiger partial charge on any atom is 0.306 e. The average Bonchev–Trinajstić information content (AvgIpc) is 3.90. The molecule has 336 valence electrons. The summed E-state index contributed by atoms with van der Waals surface area (Å²) >= 11 is 0. The van der Waals surface area contributed by atoms with Gasteiger partial charge in [0.25, 0.3) is 5.91 Å². The molecule has 0 aliphatic carbocycles. The second kappa shape index (κ2) is 22.0. The topological polar surface area (TPSA) is 176 Å². The number of rotatable bonds is 18. The Labute approximate surface area is 371 Å².